The van der Waals surface area contributed by atoms with Crippen LogP contribution in [-0.2, 0) is 4.79 Å². The molecule has 0 aliphatic carbocycles. The minimum atomic E-state index is -1.18. The van der Waals surface area contributed by atoms with Crippen LogP contribution in [0.3, 0.4) is 0 Å². The number of hydrogen-bond acceptors (Lipinski definition) is 2. The molecule has 0 bridgehead atoms. The Bertz CT molecular complexity index is 368. The van der Waals surface area contributed by atoms with E-state index in [2.05, 4.69) is 26.1 Å². The van der Waals surface area contributed by atoms with E-state index in [4.69, 9.17) is 0 Å². The Labute approximate surface area is 121 Å². The second-order valence-electron chi connectivity index (χ2n) is 7.05. The van der Waals surface area contributed by atoms with E-state index in [0.29, 0.717) is 25.4 Å². The van der Waals surface area contributed by atoms with Crippen molar-refractivity contribution in [3.8, 4) is 0 Å². The molecule has 0 aromatic heterocycles. The zero-order chi connectivity index (χ0) is 15.6. The number of carboxylic acid groups (broad SMARTS) is 1. The van der Waals surface area contributed by atoms with Gasteiger partial charge in [0.25, 0.3) is 0 Å². The van der Waals surface area contributed by atoms with Gasteiger partial charge in [0.15, 0.2) is 0 Å². The minimum Gasteiger partial charge on any atom is -0.480 e. The first-order chi connectivity index (χ1) is 9.10. The maximum Gasteiger partial charge on any atom is 0.329 e. The van der Waals surface area contributed by atoms with Crippen LogP contribution in [0.2, 0.25) is 0 Å². The normalized spacial score (nSPS) is 20.4. The van der Waals surface area contributed by atoms with Gasteiger partial charge in [0.2, 0.25) is 0 Å². The number of aliphatic carboxylic acids is 1. The quantitative estimate of drug-likeness (QED) is 0.837. The molecule has 1 saturated heterocycles. The second-order valence-corrected chi connectivity index (χ2v) is 7.05. The molecule has 0 spiro atoms. The van der Waals surface area contributed by atoms with Gasteiger partial charge in [-0.05, 0) is 37.5 Å². The fourth-order valence-corrected chi connectivity index (χ4v) is 2.56. The summed E-state index contributed by atoms with van der Waals surface area (Å²) in [7, 11) is 0. The molecule has 1 heterocycles. The standard InChI is InChI=1S/C15H28N2O3/c1-6-15(5,12(18)19)16-13(20)17-9-7-11(8-10-17)14(2,3)4/h11H,6-10H2,1-5H3,(H,16,20)(H,18,19). The van der Waals surface area contributed by atoms with Gasteiger partial charge in [0, 0.05) is 13.1 Å². The number of piperidine rings is 1. The molecule has 1 atom stereocenters. The molecular formula is C15H28N2O3. The van der Waals surface area contributed by atoms with Gasteiger partial charge in [-0.3, -0.25) is 0 Å². The first kappa shape index (κ1) is 16.8. The van der Waals surface area contributed by atoms with Crippen molar-refractivity contribution in [1.29, 1.82) is 0 Å². The van der Waals surface area contributed by atoms with Crippen LogP contribution < -0.4 is 5.32 Å². The summed E-state index contributed by atoms with van der Waals surface area (Å²) in [4.78, 5) is 25.1. The number of carbonyl (C=O) groups is 2. The van der Waals surface area contributed by atoms with Crippen molar-refractivity contribution in [3.05, 3.63) is 0 Å². The number of carbonyl (C=O) groups excluding carboxylic acids is 1. The predicted octanol–water partition coefficient (Wildman–Crippen LogP) is 2.71. The van der Waals surface area contributed by atoms with E-state index in [1.165, 1.54) is 0 Å². The number of rotatable bonds is 3. The summed E-state index contributed by atoms with van der Waals surface area (Å²) in [5.74, 6) is -0.374. The van der Waals surface area contributed by atoms with Crippen LogP contribution in [0, 0.1) is 11.3 Å². The molecule has 2 N–H and O–H groups in total. The van der Waals surface area contributed by atoms with E-state index in [1.807, 2.05) is 0 Å². The molecule has 1 aliphatic rings. The lowest BCUT2D eigenvalue weighted by Gasteiger charge is -2.39. The Kier molecular flexibility index (Phi) is 5.05. The summed E-state index contributed by atoms with van der Waals surface area (Å²) in [6, 6.07) is -0.260. The molecule has 0 aromatic carbocycles. The summed E-state index contributed by atoms with van der Waals surface area (Å²) < 4.78 is 0. The average molecular weight is 284 g/mol. The van der Waals surface area contributed by atoms with E-state index in [0.717, 1.165) is 12.8 Å². The molecule has 5 nitrogen and oxygen atoms in total. The van der Waals surface area contributed by atoms with Crippen LogP contribution in [0.5, 0.6) is 0 Å². The van der Waals surface area contributed by atoms with Gasteiger partial charge >= 0.3 is 12.0 Å². The zero-order valence-electron chi connectivity index (χ0n) is 13.3. The van der Waals surface area contributed by atoms with E-state index in [1.54, 1.807) is 18.7 Å². The fourth-order valence-electron chi connectivity index (χ4n) is 2.56. The third kappa shape index (κ3) is 3.87. The number of nitrogens with zero attached hydrogens (tertiary/aromatic N) is 1. The van der Waals surface area contributed by atoms with E-state index >= 15 is 0 Å². The molecule has 116 valence electrons. The summed E-state index contributed by atoms with van der Waals surface area (Å²) in [6.07, 6.45) is 2.33. The average Bonchev–Trinajstić information content (AvgIpc) is 2.37. The monoisotopic (exact) mass is 284 g/mol. The first-order valence-electron chi connectivity index (χ1n) is 7.40. The highest BCUT2D eigenvalue weighted by Crippen LogP contribution is 2.34. The molecule has 1 fully saturated rings. The molecule has 1 rings (SSSR count). The Morgan fingerprint density at radius 1 is 1.20 bits per heavy atom. The van der Waals surface area contributed by atoms with Crippen LogP contribution in [0.4, 0.5) is 4.79 Å². The lowest BCUT2D eigenvalue weighted by Crippen LogP contribution is -2.57. The van der Waals surface area contributed by atoms with Crippen LogP contribution in [0.25, 0.3) is 0 Å². The molecule has 0 radical (unpaired) electrons. The number of nitrogens with one attached hydrogen (secondary N) is 1. The lowest BCUT2D eigenvalue weighted by molar-refractivity contribution is -0.143. The molecule has 1 unspecified atom stereocenters. The summed E-state index contributed by atoms with van der Waals surface area (Å²) in [5.41, 5.74) is -0.917. The van der Waals surface area contributed by atoms with Crippen LogP contribution in [-0.4, -0.2) is 40.6 Å². The molecule has 0 aromatic rings. The molecule has 2 amide bonds. The molecule has 5 heteroatoms. The third-order valence-electron chi connectivity index (χ3n) is 4.57. The van der Waals surface area contributed by atoms with Gasteiger partial charge in [0.05, 0.1) is 0 Å². The molecule has 1 aliphatic heterocycles. The fraction of sp³-hybridized carbons (Fsp3) is 0.867. The largest absolute Gasteiger partial charge is 0.480 e. The maximum atomic E-state index is 12.2. The van der Waals surface area contributed by atoms with E-state index in [-0.39, 0.29) is 11.4 Å². The minimum absolute atomic E-state index is 0.260. The summed E-state index contributed by atoms with van der Waals surface area (Å²) in [5, 5.41) is 11.8. The predicted molar refractivity (Wildman–Crippen MR) is 78.6 cm³/mol. The molecular weight excluding hydrogens is 256 g/mol. The smallest absolute Gasteiger partial charge is 0.329 e. The van der Waals surface area contributed by atoms with Crippen LogP contribution in [0.1, 0.15) is 53.9 Å². The van der Waals surface area contributed by atoms with Crippen molar-refractivity contribution >= 4 is 12.0 Å². The Morgan fingerprint density at radius 3 is 2.05 bits per heavy atom. The number of likely N-dealkylation sites (tertiary alicyclic amines) is 1. The number of urea groups is 1. The van der Waals surface area contributed by atoms with Crippen molar-refractivity contribution < 1.29 is 14.7 Å². The Balaban J connectivity index is 2.57. The summed E-state index contributed by atoms with van der Waals surface area (Å²) >= 11 is 0. The first-order valence-corrected chi connectivity index (χ1v) is 7.40. The maximum absolute atomic E-state index is 12.2. The second kappa shape index (κ2) is 6.02. The lowest BCUT2D eigenvalue weighted by atomic mass is 9.75. The van der Waals surface area contributed by atoms with Crippen LogP contribution in [0.15, 0.2) is 0 Å². The Hall–Kier alpha value is -1.26. The third-order valence-corrected chi connectivity index (χ3v) is 4.57. The Morgan fingerprint density at radius 2 is 1.70 bits per heavy atom. The highest BCUT2D eigenvalue weighted by Gasteiger charge is 2.36. The van der Waals surface area contributed by atoms with Crippen molar-refractivity contribution in [2.24, 2.45) is 11.3 Å². The van der Waals surface area contributed by atoms with Gasteiger partial charge in [0.1, 0.15) is 5.54 Å². The summed E-state index contributed by atoms with van der Waals surface area (Å²) in [6.45, 7) is 11.4. The van der Waals surface area contributed by atoms with Crippen molar-refractivity contribution in [3.63, 3.8) is 0 Å². The number of amides is 2. The topological polar surface area (TPSA) is 69.6 Å². The number of carboxylic acids is 1. The van der Waals surface area contributed by atoms with Crippen LogP contribution >= 0.6 is 0 Å². The van der Waals surface area contributed by atoms with Gasteiger partial charge in [-0.1, -0.05) is 27.7 Å². The van der Waals surface area contributed by atoms with E-state index in [9.17, 15) is 14.7 Å². The van der Waals surface area contributed by atoms with E-state index < -0.39 is 11.5 Å². The highest BCUT2D eigenvalue weighted by atomic mass is 16.4. The SMILES string of the molecule is CCC(C)(NC(=O)N1CCC(C(C)(C)C)CC1)C(=O)O. The van der Waals surface area contributed by atoms with Gasteiger partial charge in [-0.25, -0.2) is 9.59 Å². The highest BCUT2D eigenvalue weighted by molar-refractivity contribution is 5.85. The van der Waals surface area contributed by atoms with Gasteiger partial charge in [-0.15, -0.1) is 0 Å². The van der Waals surface area contributed by atoms with Crippen molar-refractivity contribution in [1.82, 2.24) is 10.2 Å². The van der Waals surface area contributed by atoms with Crippen molar-refractivity contribution in [2.75, 3.05) is 13.1 Å². The number of hydrogen-bond donors (Lipinski definition) is 2. The zero-order valence-corrected chi connectivity index (χ0v) is 13.3. The molecule has 0 saturated carbocycles. The van der Waals surface area contributed by atoms with Gasteiger partial charge in [-0.2, -0.15) is 0 Å². The van der Waals surface area contributed by atoms with Crippen molar-refractivity contribution in [2.45, 2.75) is 59.4 Å². The molecule has 20 heavy (non-hydrogen) atoms. The van der Waals surface area contributed by atoms with Gasteiger partial charge < -0.3 is 15.3 Å².